The number of fused-ring (bicyclic) bond motifs is 1. The van der Waals surface area contributed by atoms with Gasteiger partial charge in [0.2, 0.25) is 0 Å². The Bertz CT molecular complexity index is 609. The number of ether oxygens (including phenoxy) is 2. The Labute approximate surface area is 124 Å². The minimum absolute atomic E-state index is 0.438. The first kappa shape index (κ1) is 13.8. The lowest BCUT2D eigenvalue weighted by Crippen LogP contribution is -2.15. The van der Waals surface area contributed by atoms with Gasteiger partial charge in [0.1, 0.15) is 13.2 Å². The third-order valence-corrected chi connectivity index (χ3v) is 3.72. The summed E-state index contributed by atoms with van der Waals surface area (Å²) < 4.78 is 13.1. The van der Waals surface area contributed by atoms with Crippen molar-refractivity contribution in [3.8, 4) is 11.5 Å². The summed E-state index contributed by atoms with van der Waals surface area (Å²) in [6.45, 7) is 6.26. The Hall–Kier alpha value is -2.17. The average molecular weight is 287 g/mol. The molecule has 0 radical (unpaired) electrons. The second-order valence-electron chi connectivity index (χ2n) is 5.26. The van der Waals surface area contributed by atoms with E-state index in [9.17, 15) is 0 Å². The van der Waals surface area contributed by atoms with Gasteiger partial charge in [0.25, 0.3) is 0 Å². The van der Waals surface area contributed by atoms with Gasteiger partial charge in [-0.1, -0.05) is 6.92 Å². The van der Waals surface area contributed by atoms with Gasteiger partial charge >= 0.3 is 0 Å². The number of hydrogen-bond acceptors (Lipinski definition) is 4. The van der Waals surface area contributed by atoms with Crippen LogP contribution in [0.4, 0.5) is 5.69 Å². The van der Waals surface area contributed by atoms with Crippen molar-refractivity contribution < 1.29 is 9.47 Å². The van der Waals surface area contributed by atoms with Gasteiger partial charge in [-0.3, -0.25) is 4.68 Å². The van der Waals surface area contributed by atoms with Crippen molar-refractivity contribution in [3.05, 3.63) is 36.2 Å². The fourth-order valence-corrected chi connectivity index (χ4v) is 2.25. The Morgan fingerprint density at radius 3 is 2.86 bits per heavy atom. The van der Waals surface area contributed by atoms with Crippen LogP contribution in [0.15, 0.2) is 30.5 Å². The first-order valence-electron chi connectivity index (χ1n) is 7.44. The van der Waals surface area contributed by atoms with E-state index in [1.807, 2.05) is 29.1 Å². The third-order valence-electron chi connectivity index (χ3n) is 3.72. The molecule has 5 nitrogen and oxygen atoms in total. The van der Waals surface area contributed by atoms with E-state index in [-0.39, 0.29) is 0 Å². The first-order chi connectivity index (χ1) is 10.3. The summed E-state index contributed by atoms with van der Waals surface area (Å²) in [5, 5.41) is 7.95. The molecule has 1 aliphatic rings. The van der Waals surface area contributed by atoms with E-state index in [0.29, 0.717) is 25.8 Å². The van der Waals surface area contributed by atoms with Crippen LogP contribution < -0.4 is 14.8 Å². The van der Waals surface area contributed by atoms with Crippen LogP contribution in [0, 0.1) is 0 Å². The van der Waals surface area contributed by atoms with Crippen molar-refractivity contribution >= 4 is 5.69 Å². The van der Waals surface area contributed by atoms with Gasteiger partial charge in [-0.15, -0.1) is 0 Å². The minimum atomic E-state index is 0.438. The zero-order valence-corrected chi connectivity index (χ0v) is 12.5. The first-order valence-corrected chi connectivity index (χ1v) is 7.44. The predicted molar refractivity (Wildman–Crippen MR) is 82.0 cm³/mol. The van der Waals surface area contributed by atoms with Gasteiger partial charge in [0.15, 0.2) is 11.5 Å². The Morgan fingerprint density at radius 1 is 1.24 bits per heavy atom. The van der Waals surface area contributed by atoms with Crippen molar-refractivity contribution in [2.45, 2.75) is 32.9 Å². The smallest absolute Gasteiger partial charge is 0.163 e. The molecule has 21 heavy (non-hydrogen) atoms. The summed E-state index contributed by atoms with van der Waals surface area (Å²) in [6, 6.07) is 8.40. The molecule has 0 saturated heterocycles. The number of aromatic nitrogens is 2. The van der Waals surface area contributed by atoms with Gasteiger partial charge < -0.3 is 14.8 Å². The number of anilines is 1. The van der Waals surface area contributed by atoms with Crippen molar-refractivity contribution in [3.63, 3.8) is 0 Å². The highest BCUT2D eigenvalue weighted by atomic mass is 16.6. The molecule has 0 spiro atoms. The highest BCUT2D eigenvalue weighted by molar-refractivity contribution is 5.55. The Kier molecular flexibility index (Phi) is 3.99. The molecular weight excluding hydrogens is 266 g/mol. The van der Waals surface area contributed by atoms with E-state index in [4.69, 9.17) is 9.47 Å². The maximum Gasteiger partial charge on any atom is 0.163 e. The molecule has 1 aliphatic heterocycles. The fraction of sp³-hybridized carbons (Fsp3) is 0.438. The summed E-state index contributed by atoms with van der Waals surface area (Å²) in [7, 11) is 0. The lowest BCUT2D eigenvalue weighted by Gasteiger charge is -2.19. The molecule has 2 aromatic rings. The van der Waals surface area contributed by atoms with Gasteiger partial charge in [-0.05, 0) is 31.5 Å². The SMILES string of the molecule is CCC(C)n1ccc(CNc2ccc3c(c2)OCCO3)n1. The maximum absolute atomic E-state index is 5.58. The van der Waals surface area contributed by atoms with Crippen LogP contribution in [-0.4, -0.2) is 23.0 Å². The molecular formula is C16H21N3O2. The van der Waals surface area contributed by atoms with Crippen LogP contribution in [0.2, 0.25) is 0 Å². The van der Waals surface area contributed by atoms with E-state index in [1.54, 1.807) is 0 Å². The van der Waals surface area contributed by atoms with Gasteiger partial charge in [0, 0.05) is 24.0 Å². The van der Waals surface area contributed by atoms with Gasteiger partial charge in [-0.2, -0.15) is 5.10 Å². The minimum Gasteiger partial charge on any atom is -0.486 e. The van der Waals surface area contributed by atoms with Crippen molar-refractivity contribution in [1.29, 1.82) is 0 Å². The van der Waals surface area contributed by atoms with Crippen LogP contribution in [0.5, 0.6) is 11.5 Å². The summed E-state index contributed by atoms with van der Waals surface area (Å²) in [5.41, 5.74) is 2.04. The lowest BCUT2D eigenvalue weighted by atomic mass is 10.2. The Morgan fingerprint density at radius 2 is 2.05 bits per heavy atom. The summed E-state index contributed by atoms with van der Waals surface area (Å²) in [4.78, 5) is 0. The number of nitrogens with zero attached hydrogens (tertiary/aromatic N) is 2. The van der Waals surface area contributed by atoms with Crippen LogP contribution in [0.25, 0.3) is 0 Å². The van der Waals surface area contributed by atoms with E-state index < -0.39 is 0 Å². The average Bonchev–Trinajstić information content (AvgIpc) is 3.01. The van der Waals surface area contributed by atoms with Crippen molar-refractivity contribution in [2.24, 2.45) is 0 Å². The zero-order valence-electron chi connectivity index (χ0n) is 12.5. The number of benzene rings is 1. The molecule has 112 valence electrons. The van der Waals surface area contributed by atoms with Gasteiger partial charge in [0.05, 0.1) is 12.2 Å². The summed E-state index contributed by atoms with van der Waals surface area (Å²) >= 11 is 0. The monoisotopic (exact) mass is 287 g/mol. The largest absolute Gasteiger partial charge is 0.486 e. The normalized spacial score (nSPS) is 14.8. The molecule has 0 amide bonds. The predicted octanol–water partition coefficient (Wildman–Crippen LogP) is 3.24. The quantitative estimate of drug-likeness (QED) is 0.917. The molecule has 2 heterocycles. The Balaban J connectivity index is 1.63. The summed E-state index contributed by atoms with van der Waals surface area (Å²) in [5.74, 6) is 1.62. The molecule has 1 atom stereocenters. The summed E-state index contributed by atoms with van der Waals surface area (Å²) in [6.07, 6.45) is 3.12. The van der Waals surface area contributed by atoms with E-state index in [0.717, 1.165) is 29.3 Å². The molecule has 0 aliphatic carbocycles. The number of nitrogens with one attached hydrogen (secondary N) is 1. The van der Waals surface area contributed by atoms with Crippen molar-refractivity contribution in [2.75, 3.05) is 18.5 Å². The molecule has 1 aromatic heterocycles. The lowest BCUT2D eigenvalue weighted by molar-refractivity contribution is 0.171. The van der Waals surface area contributed by atoms with Crippen LogP contribution in [0.3, 0.4) is 0 Å². The fourth-order valence-electron chi connectivity index (χ4n) is 2.25. The van der Waals surface area contributed by atoms with Crippen LogP contribution >= 0.6 is 0 Å². The third kappa shape index (κ3) is 3.12. The highest BCUT2D eigenvalue weighted by Crippen LogP contribution is 2.32. The maximum atomic E-state index is 5.58. The molecule has 0 saturated carbocycles. The molecule has 0 bridgehead atoms. The zero-order chi connectivity index (χ0) is 14.7. The molecule has 3 rings (SSSR count). The topological polar surface area (TPSA) is 48.3 Å². The second-order valence-corrected chi connectivity index (χ2v) is 5.26. The highest BCUT2D eigenvalue weighted by Gasteiger charge is 2.11. The molecule has 1 N–H and O–H groups in total. The second kappa shape index (κ2) is 6.08. The molecule has 1 unspecified atom stereocenters. The van der Waals surface area contributed by atoms with Gasteiger partial charge in [-0.25, -0.2) is 0 Å². The number of hydrogen-bond donors (Lipinski definition) is 1. The number of rotatable bonds is 5. The van der Waals surface area contributed by atoms with Crippen LogP contribution in [0.1, 0.15) is 32.0 Å². The van der Waals surface area contributed by atoms with E-state index >= 15 is 0 Å². The standard InChI is InChI=1S/C16H21N3O2/c1-3-12(2)19-7-6-14(18-19)11-17-13-4-5-15-16(10-13)21-9-8-20-15/h4-7,10,12,17H,3,8-9,11H2,1-2H3. The van der Waals surface area contributed by atoms with Crippen LogP contribution in [-0.2, 0) is 6.54 Å². The molecule has 1 aromatic carbocycles. The van der Waals surface area contributed by atoms with E-state index in [1.165, 1.54) is 0 Å². The van der Waals surface area contributed by atoms with Crippen molar-refractivity contribution in [1.82, 2.24) is 9.78 Å². The molecule has 5 heteroatoms. The molecule has 0 fully saturated rings. The van der Waals surface area contributed by atoms with E-state index in [2.05, 4.69) is 30.3 Å².